The van der Waals surface area contributed by atoms with Crippen LogP contribution in [0.4, 0.5) is 0 Å². The van der Waals surface area contributed by atoms with E-state index in [4.69, 9.17) is 11.6 Å². The van der Waals surface area contributed by atoms with Gasteiger partial charge in [0.05, 0.1) is 5.75 Å². The standard InChI is InChI=1S/C17H23ClN2O2S2/c1-11(2)10-24(21,22)19-8-16-13-9-20(3)7-6-12-14(18)4-5-15(23-16)17(12)13/h4-5,11,19H,6-10H2,1-3H3. The molecular formula is C17H23ClN2O2S2. The Morgan fingerprint density at radius 3 is 2.79 bits per heavy atom. The maximum absolute atomic E-state index is 12.2. The molecule has 0 saturated carbocycles. The summed E-state index contributed by atoms with van der Waals surface area (Å²) in [5.74, 6) is 0.271. The highest BCUT2D eigenvalue weighted by molar-refractivity contribution is 7.89. The Morgan fingerprint density at radius 2 is 2.08 bits per heavy atom. The van der Waals surface area contributed by atoms with E-state index in [1.54, 1.807) is 11.3 Å². The molecule has 1 aliphatic heterocycles. The molecule has 2 heterocycles. The summed E-state index contributed by atoms with van der Waals surface area (Å²) in [5, 5.41) is 2.04. The van der Waals surface area contributed by atoms with Crippen LogP contribution < -0.4 is 4.72 Å². The largest absolute Gasteiger partial charge is 0.302 e. The number of hydrogen-bond acceptors (Lipinski definition) is 4. The smallest absolute Gasteiger partial charge is 0.212 e. The Kier molecular flexibility index (Phi) is 5.23. The molecule has 0 unspecified atom stereocenters. The predicted molar refractivity (Wildman–Crippen MR) is 102 cm³/mol. The maximum Gasteiger partial charge on any atom is 0.212 e. The molecule has 132 valence electrons. The van der Waals surface area contributed by atoms with Gasteiger partial charge in [0.2, 0.25) is 10.0 Å². The molecule has 0 fully saturated rings. The first-order chi connectivity index (χ1) is 11.3. The predicted octanol–water partition coefficient (Wildman–Crippen LogP) is 3.62. The Labute approximate surface area is 152 Å². The first-order valence-corrected chi connectivity index (χ1v) is 11.0. The molecule has 0 spiro atoms. The van der Waals surface area contributed by atoms with Crippen molar-refractivity contribution in [3.8, 4) is 0 Å². The van der Waals surface area contributed by atoms with Crippen molar-refractivity contribution in [1.82, 2.24) is 9.62 Å². The molecule has 0 saturated heterocycles. The van der Waals surface area contributed by atoms with E-state index in [1.807, 2.05) is 26.0 Å². The second kappa shape index (κ2) is 6.92. The summed E-state index contributed by atoms with van der Waals surface area (Å²) >= 11 is 8.09. The number of thiophene rings is 1. The van der Waals surface area contributed by atoms with Gasteiger partial charge in [-0.05, 0) is 42.6 Å². The molecule has 2 aromatic rings. The van der Waals surface area contributed by atoms with Gasteiger partial charge in [0, 0.05) is 39.6 Å². The third kappa shape index (κ3) is 3.78. The molecule has 4 nitrogen and oxygen atoms in total. The average Bonchev–Trinajstić information content (AvgIpc) is 2.70. The summed E-state index contributed by atoms with van der Waals surface area (Å²) in [7, 11) is -1.15. The van der Waals surface area contributed by atoms with E-state index in [-0.39, 0.29) is 11.7 Å². The zero-order valence-corrected chi connectivity index (χ0v) is 16.6. The van der Waals surface area contributed by atoms with Crippen LogP contribution in [-0.2, 0) is 29.5 Å². The SMILES string of the molecule is CC(C)CS(=O)(=O)NCc1sc2ccc(Cl)c3c2c1CN(C)CC3. The summed E-state index contributed by atoms with van der Waals surface area (Å²) in [4.78, 5) is 3.36. The van der Waals surface area contributed by atoms with Crippen LogP contribution in [-0.4, -0.2) is 32.7 Å². The third-order valence-electron chi connectivity index (χ3n) is 4.27. The van der Waals surface area contributed by atoms with Crippen LogP contribution in [0.3, 0.4) is 0 Å². The van der Waals surface area contributed by atoms with Crippen molar-refractivity contribution in [2.24, 2.45) is 5.92 Å². The van der Waals surface area contributed by atoms with Crippen molar-refractivity contribution in [1.29, 1.82) is 0 Å². The normalized spacial score (nSPS) is 16.0. The topological polar surface area (TPSA) is 49.4 Å². The van der Waals surface area contributed by atoms with Crippen LogP contribution in [0.2, 0.25) is 5.02 Å². The third-order valence-corrected chi connectivity index (χ3v) is 7.51. The van der Waals surface area contributed by atoms with E-state index in [0.29, 0.717) is 6.54 Å². The van der Waals surface area contributed by atoms with E-state index in [9.17, 15) is 8.42 Å². The van der Waals surface area contributed by atoms with Crippen LogP contribution in [0.25, 0.3) is 10.1 Å². The number of nitrogens with zero attached hydrogens (tertiary/aromatic N) is 1. The van der Waals surface area contributed by atoms with E-state index in [2.05, 4.69) is 16.7 Å². The minimum absolute atomic E-state index is 0.114. The van der Waals surface area contributed by atoms with Gasteiger partial charge in [-0.1, -0.05) is 25.4 Å². The minimum atomic E-state index is -3.25. The van der Waals surface area contributed by atoms with E-state index in [1.165, 1.54) is 21.2 Å². The van der Waals surface area contributed by atoms with Crippen molar-refractivity contribution in [3.63, 3.8) is 0 Å². The highest BCUT2D eigenvalue weighted by atomic mass is 35.5. The van der Waals surface area contributed by atoms with Crippen molar-refractivity contribution < 1.29 is 8.42 Å². The van der Waals surface area contributed by atoms with Gasteiger partial charge in [-0.3, -0.25) is 0 Å². The van der Waals surface area contributed by atoms with Gasteiger partial charge in [-0.25, -0.2) is 13.1 Å². The van der Waals surface area contributed by atoms with Gasteiger partial charge in [0.25, 0.3) is 0 Å². The fourth-order valence-electron chi connectivity index (χ4n) is 3.23. The number of sulfonamides is 1. The van der Waals surface area contributed by atoms with Crippen molar-refractivity contribution >= 4 is 43.0 Å². The zero-order chi connectivity index (χ0) is 17.5. The minimum Gasteiger partial charge on any atom is -0.302 e. The fraction of sp³-hybridized carbons (Fsp3) is 0.529. The molecule has 0 atom stereocenters. The zero-order valence-electron chi connectivity index (χ0n) is 14.2. The lowest BCUT2D eigenvalue weighted by Gasteiger charge is -2.14. The first-order valence-electron chi connectivity index (χ1n) is 8.14. The highest BCUT2D eigenvalue weighted by Crippen LogP contribution is 2.39. The molecule has 0 aliphatic carbocycles. The average molecular weight is 387 g/mol. The highest BCUT2D eigenvalue weighted by Gasteiger charge is 2.23. The Hall–Kier alpha value is -0.660. The molecule has 1 N–H and O–H groups in total. The summed E-state index contributed by atoms with van der Waals surface area (Å²) < 4.78 is 28.3. The second-order valence-electron chi connectivity index (χ2n) is 6.89. The van der Waals surface area contributed by atoms with Crippen LogP contribution in [0.1, 0.15) is 29.9 Å². The summed E-state index contributed by atoms with van der Waals surface area (Å²) in [5.41, 5.74) is 2.42. The fourth-order valence-corrected chi connectivity index (χ4v) is 6.12. The van der Waals surface area contributed by atoms with E-state index >= 15 is 0 Å². The molecule has 1 aromatic carbocycles. The summed E-state index contributed by atoms with van der Waals surface area (Å²) in [6.45, 7) is 5.96. The van der Waals surface area contributed by atoms with Gasteiger partial charge in [0.15, 0.2) is 0 Å². The number of halogens is 1. The first kappa shape index (κ1) is 18.1. The summed E-state index contributed by atoms with van der Waals surface area (Å²) in [6.07, 6.45) is 0.926. The van der Waals surface area contributed by atoms with Gasteiger partial charge in [-0.2, -0.15) is 0 Å². The monoisotopic (exact) mass is 386 g/mol. The van der Waals surface area contributed by atoms with Crippen molar-refractivity contribution in [2.45, 2.75) is 33.4 Å². The molecule has 1 aromatic heterocycles. The van der Waals surface area contributed by atoms with E-state index < -0.39 is 10.0 Å². The molecule has 0 bridgehead atoms. The lowest BCUT2D eigenvalue weighted by molar-refractivity contribution is 0.336. The molecule has 1 aliphatic rings. The van der Waals surface area contributed by atoms with Gasteiger partial charge >= 0.3 is 0 Å². The number of benzene rings is 1. The van der Waals surface area contributed by atoms with Crippen LogP contribution in [0.5, 0.6) is 0 Å². The Bertz CT molecular complexity index is 859. The number of nitrogens with one attached hydrogen (secondary N) is 1. The van der Waals surface area contributed by atoms with Gasteiger partial charge < -0.3 is 4.90 Å². The van der Waals surface area contributed by atoms with Crippen LogP contribution >= 0.6 is 22.9 Å². The van der Waals surface area contributed by atoms with Gasteiger partial charge in [0.1, 0.15) is 0 Å². The summed E-state index contributed by atoms with van der Waals surface area (Å²) in [6, 6.07) is 4.00. The second-order valence-corrected chi connectivity index (χ2v) is 10.3. The molecule has 7 heteroatoms. The Balaban J connectivity index is 1.97. The lowest BCUT2D eigenvalue weighted by Crippen LogP contribution is -2.28. The quantitative estimate of drug-likeness (QED) is 0.853. The lowest BCUT2D eigenvalue weighted by atomic mass is 10.0. The molecule has 0 radical (unpaired) electrons. The molecule has 0 amide bonds. The maximum atomic E-state index is 12.2. The number of likely N-dealkylation sites (N-methyl/N-ethyl adjacent to an activating group) is 1. The molecule has 3 rings (SSSR count). The van der Waals surface area contributed by atoms with Crippen molar-refractivity contribution in [3.05, 3.63) is 33.2 Å². The van der Waals surface area contributed by atoms with Crippen molar-refractivity contribution in [2.75, 3.05) is 19.3 Å². The number of hydrogen-bond donors (Lipinski definition) is 1. The van der Waals surface area contributed by atoms with Gasteiger partial charge in [-0.15, -0.1) is 11.3 Å². The molecule has 24 heavy (non-hydrogen) atoms. The van der Waals surface area contributed by atoms with E-state index in [0.717, 1.165) is 29.4 Å². The number of rotatable bonds is 5. The Morgan fingerprint density at radius 1 is 1.33 bits per heavy atom. The van der Waals surface area contributed by atoms with Crippen LogP contribution in [0, 0.1) is 5.92 Å². The van der Waals surface area contributed by atoms with Crippen LogP contribution in [0.15, 0.2) is 12.1 Å². The molecular weight excluding hydrogens is 364 g/mol.